The Morgan fingerprint density at radius 2 is 1.86 bits per heavy atom. The molecule has 0 radical (unpaired) electrons. The maximum Gasteiger partial charge on any atom is 0.490 e. The van der Waals surface area contributed by atoms with Gasteiger partial charge in [0, 0.05) is 13.1 Å². The highest BCUT2D eigenvalue weighted by Gasteiger charge is 2.55. The highest BCUT2D eigenvalue weighted by molar-refractivity contribution is 6.54. The van der Waals surface area contributed by atoms with Crippen LogP contribution in [0.1, 0.15) is 53.9 Å². The molecule has 4 aliphatic rings. The van der Waals surface area contributed by atoms with E-state index < -0.39 is 11.2 Å². The zero-order valence-corrected chi connectivity index (χ0v) is 14.3. The van der Waals surface area contributed by atoms with Gasteiger partial charge in [-0.15, -0.1) is 0 Å². The van der Waals surface area contributed by atoms with Crippen LogP contribution in [0.25, 0.3) is 0 Å². The third-order valence-corrected chi connectivity index (χ3v) is 5.42. The lowest BCUT2D eigenvalue weighted by atomic mass is 9.74. The van der Waals surface area contributed by atoms with Crippen LogP contribution in [0.5, 0.6) is 0 Å². The van der Waals surface area contributed by atoms with Gasteiger partial charge in [0.15, 0.2) is 0 Å². The Balaban J connectivity index is 1.94. The van der Waals surface area contributed by atoms with Crippen molar-refractivity contribution in [1.82, 2.24) is 4.90 Å². The number of hydrogen-bond donors (Lipinski definition) is 0. The maximum absolute atomic E-state index is 12.3. The molecule has 0 saturated carbocycles. The molecule has 1 atom stereocenters. The van der Waals surface area contributed by atoms with E-state index in [0.29, 0.717) is 13.1 Å². The van der Waals surface area contributed by atoms with Gasteiger partial charge in [-0.2, -0.15) is 0 Å². The van der Waals surface area contributed by atoms with E-state index in [0.717, 1.165) is 24.7 Å². The Hall–Kier alpha value is -1.01. The summed E-state index contributed by atoms with van der Waals surface area (Å²) in [6.45, 7) is 11.4. The molecule has 4 aliphatic heterocycles. The number of fused-ring (bicyclic) bond motifs is 6. The number of nitrogens with zero attached hydrogens (tertiary/aromatic N) is 1. The van der Waals surface area contributed by atoms with Gasteiger partial charge < -0.3 is 18.9 Å². The molecule has 1 unspecified atom stereocenters. The SMILES string of the molecule is CC1(C)CCC2(C)OB(OC2(C)C)C2=CCN(CC2)C(=O)O1. The Kier molecular flexibility index (Phi) is 3.61. The predicted octanol–water partition coefficient (Wildman–Crippen LogP) is 2.94. The van der Waals surface area contributed by atoms with Crippen LogP contribution in [-0.4, -0.2) is 48.0 Å². The predicted molar refractivity (Wildman–Crippen MR) is 84.5 cm³/mol. The van der Waals surface area contributed by atoms with E-state index in [1.54, 1.807) is 4.90 Å². The first-order chi connectivity index (χ1) is 10.1. The van der Waals surface area contributed by atoms with Gasteiger partial charge in [-0.3, -0.25) is 0 Å². The molecule has 0 aromatic heterocycles. The van der Waals surface area contributed by atoms with Crippen molar-refractivity contribution in [1.29, 1.82) is 0 Å². The zero-order valence-electron chi connectivity index (χ0n) is 14.3. The van der Waals surface area contributed by atoms with Crippen LogP contribution < -0.4 is 0 Å². The van der Waals surface area contributed by atoms with Gasteiger partial charge in [0.05, 0.1) is 11.2 Å². The number of rotatable bonds is 0. The third-order valence-electron chi connectivity index (χ3n) is 5.42. The molecule has 2 fully saturated rings. The van der Waals surface area contributed by atoms with Crippen LogP contribution >= 0.6 is 0 Å². The van der Waals surface area contributed by atoms with Crippen LogP contribution in [0.2, 0.25) is 0 Å². The topological polar surface area (TPSA) is 48.0 Å². The van der Waals surface area contributed by atoms with Crippen LogP contribution in [0.4, 0.5) is 4.79 Å². The highest BCUT2D eigenvalue weighted by Crippen LogP contribution is 2.44. The summed E-state index contributed by atoms with van der Waals surface area (Å²) in [4.78, 5) is 14.0. The molecule has 5 nitrogen and oxygen atoms in total. The first-order valence-electron chi connectivity index (χ1n) is 8.14. The van der Waals surface area contributed by atoms with Crippen LogP contribution in [0, 0.1) is 0 Å². The van der Waals surface area contributed by atoms with Gasteiger partial charge >= 0.3 is 13.2 Å². The zero-order chi connectivity index (χ0) is 16.2. The summed E-state index contributed by atoms with van der Waals surface area (Å²) in [5.74, 6) is 0. The van der Waals surface area contributed by atoms with Gasteiger partial charge in [0.25, 0.3) is 0 Å². The molecule has 4 heterocycles. The summed E-state index contributed by atoms with van der Waals surface area (Å²) in [5, 5.41) is 0. The van der Waals surface area contributed by atoms with Crippen LogP contribution in [0.15, 0.2) is 11.5 Å². The second kappa shape index (κ2) is 5.00. The average molecular weight is 307 g/mol. The lowest BCUT2D eigenvalue weighted by Gasteiger charge is -2.39. The minimum absolute atomic E-state index is 0.223. The third kappa shape index (κ3) is 2.67. The molecule has 6 heteroatoms. The molecule has 122 valence electrons. The normalized spacial score (nSPS) is 33.9. The summed E-state index contributed by atoms with van der Waals surface area (Å²) in [5.41, 5.74) is -0.135. The minimum atomic E-state index is -0.513. The quantitative estimate of drug-likeness (QED) is 0.646. The lowest BCUT2D eigenvalue weighted by Crippen LogP contribution is -2.47. The molecular formula is C16H26BNO4. The van der Waals surface area contributed by atoms with E-state index in [-0.39, 0.29) is 18.8 Å². The van der Waals surface area contributed by atoms with Crippen molar-refractivity contribution in [2.45, 2.75) is 70.7 Å². The first kappa shape index (κ1) is 15.9. The van der Waals surface area contributed by atoms with Gasteiger partial charge in [-0.1, -0.05) is 6.08 Å². The Morgan fingerprint density at radius 3 is 2.50 bits per heavy atom. The Morgan fingerprint density at radius 1 is 1.14 bits per heavy atom. The molecule has 22 heavy (non-hydrogen) atoms. The van der Waals surface area contributed by atoms with Crippen LogP contribution in [0.3, 0.4) is 0 Å². The molecule has 0 aromatic carbocycles. The van der Waals surface area contributed by atoms with E-state index in [4.69, 9.17) is 14.0 Å². The smallest absolute Gasteiger partial charge is 0.443 e. The lowest BCUT2D eigenvalue weighted by molar-refractivity contribution is -0.0436. The molecule has 0 aliphatic carbocycles. The largest absolute Gasteiger partial charge is 0.490 e. The van der Waals surface area contributed by atoms with E-state index in [2.05, 4.69) is 20.8 Å². The van der Waals surface area contributed by atoms with E-state index in [1.807, 2.05) is 19.9 Å². The summed E-state index contributed by atoms with van der Waals surface area (Å²) in [6.07, 6.45) is 4.11. The van der Waals surface area contributed by atoms with E-state index >= 15 is 0 Å². The number of carbonyl (C=O) groups is 1. The van der Waals surface area contributed by atoms with Crippen molar-refractivity contribution < 1.29 is 18.8 Å². The van der Waals surface area contributed by atoms with Crippen molar-refractivity contribution >= 4 is 13.2 Å². The average Bonchev–Trinajstić information content (AvgIpc) is 2.67. The highest BCUT2D eigenvalue weighted by atomic mass is 16.7. The molecule has 2 saturated heterocycles. The Bertz CT molecular complexity index is 516. The maximum atomic E-state index is 12.3. The monoisotopic (exact) mass is 307 g/mol. The van der Waals surface area contributed by atoms with Crippen molar-refractivity contribution in [3.05, 3.63) is 11.5 Å². The first-order valence-corrected chi connectivity index (χ1v) is 8.14. The fourth-order valence-electron chi connectivity index (χ4n) is 3.26. The Labute approximate surface area is 133 Å². The van der Waals surface area contributed by atoms with Gasteiger partial charge in [0.2, 0.25) is 0 Å². The molecule has 0 aromatic rings. The van der Waals surface area contributed by atoms with Gasteiger partial charge in [0.1, 0.15) is 5.60 Å². The molecule has 4 rings (SSSR count). The van der Waals surface area contributed by atoms with Gasteiger partial charge in [-0.25, -0.2) is 4.79 Å². The molecule has 0 N–H and O–H groups in total. The summed E-state index contributed by atoms with van der Waals surface area (Å²) in [7, 11) is -0.291. The summed E-state index contributed by atoms with van der Waals surface area (Å²) >= 11 is 0. The number of carbonyl (C=O) groups excluding carboxylic acids is 1. The van der Waals surface area contributed by atoms with Crippen molar-refractivity contribution in [2.24, 2.45) is 0 Å². The van der Waals surface area contributed by atoms with Crippen molar-refractivity contribution in [3.8, 4) is 0 Å². The fourth-order valence-corrected chi connectivity index (χ4v) is 3.26. The van der Waals surface area contributed by atoms with Crippen molar-refractivity contribution in [2.75, 3.05) is 13.1 Å². The van der Waals surface area contributed by atoms with E-state index in [9.17, 15) is 4.79 Å². The fraction of sp³-hybridized carbons (Fsp3) is 0.812. The summed E-state index contributed by atoms with van der Waals surface area (Å²) in [6, 6.07) is 0. The van der Waals surface area contributed by atoms with Gasteiger partial charge in [-0.05, 0) is 59.4 Å². The molecular weight excluding hydrogens is 281 g/mol. The summed E-state index contributed by atoms with van der Waals surface area (Å²) < 4.78 is 18.3. The number of ether oxygens (including phenoxy) is 1. The molecule has 4 bridgehead atoms. The standard InChI is InChI=1S/C16H26BNO4/c1-14(2)8-9-16(5)15(3,4)21-17(22-16)12-6-10-18(11-7-12)13(19)20-14/h6H,7-11H2,1-5H3. The molecule has 0 spiro atoms. The second-order valence-electron chi connectivity index (χ2n) is 7.91. The van der Waals surface area contributed by atoms with Crippen LogP contribution in [-0.2, 0) is 14.0 Å². The minimum Gasteiger partial charge on any atom is -0.443 e. The second-order valence-corrected chi connectivity index (χ2v) is 7.91. The van der Waals surface area contributed by atoms with E-state index in [1.165, 1.54) is 0 Å². The number of hydrogen-bond acceptors (Lipinski definition) is 4. The number of amides is 1. The van der Waals surface area contributed by atoms with Crippen molar-refractivity contribution in [3.63, 3.8) is 0 Å². The molecule has 1 amide bonds.